The zero-order valence-electron chi connectivity index (χ0n) is 16.1. The van der Waals surface area contributed by atoms with Crippen molar-refractivity contribution in [2.24, 2.45) is 0 Å². The van der Waals surface area contributed by atoms with Crippen molar-refractivity contribution < 1.29 is 23.5 Å². The number of hydrogen-bond acceptors (Lipinski definition) is 5. The van der Waals surface area contributed by atoms with Gasteiger partial charge in [0.25, 0.3) is 0 Å². The molecular weight excluding hydrogens is 377 g/mol. The van der Waals surface area contributed by atoms with E-state index in [0.717, 1.165) is 0 Å². The molecule has 1 aliphatic heterocycles. The molecule has 0 radical (unpaired) electrons. The van der Waals surface area contributed by atoms with Crippen molar-refractivity contribution in [1.29, 1.82) is 0 Å². The summed E-state index contributed by atoms with van der Waals surface area (Å²) in [5.41, 5.74) is 1.26. The van der Waals surface area contributed by atoms with Crippen LogP contribution in [0.3, 0.4) is 0 Å². The molecule has 2 amide bonds. The van der Waals surface area contributed by atoms with Crippen LogP contribution in [0.2, 0.25) is 0 Å². The SMILES string of the molecule is CCOC(=O)c1ccc(NC(=O)C(=O)N2CCN(c3ccccc3F)CC2)cc1. The largest absolute Gasteiger partial charge is 0.462 e. The van der Waals surface area contributed by atoms with E-state index in [9.17, 15) is 18.8 Å². The van der Waals surface area contributed by atoms with Crippen LogP contribution in [0.4, 0.5) is 15.8 Å². The molecule has 1 heterocycles. The van der Waals surface area contributed by atoms with Gasteiger partial charge in [-0.15, -0.1) is 0 Å². The lowest BCUT2D eigenvalue weighted by Crippen LogP contribution is -2.51. The zero-order valence-corrected chi connectivity index (χ0v) is 16.1. The number of esters is 1. The average Bonchev–Trinajstić information content (AvgIpc) is 2.74. The monoisotopic (exact) mass is 399 g/mol. The van der Waals surface area contributed by atoms with Crippen molar-refractivity contribution >= 4 is 29.2 Å². The Kier molecular flexibility index (Phi) is 6.43. The molecule has 1 aliphatic rings. The average molecular weight is 399 g/mol. The summed E-state index contributed by atoms with van der Waals surface area (Å²) in [7, 11) is 0. The number of carbonyl (C=O) groups excluding carboxylic acids is 3. The first-order valence-corrected chi connectivity index (χ1v) is 9.36. The fourth-order valence-corrected chi connectivity index (χ4v) is 3.09. The summed E-state index contributed by atoms with van der Waals surface area (Å²) in [6.07, 6.45) is 0. The van der Waals surface area contributed by atoms with E-state index in [1.807, 2.05) is 4.90 Å². The molecule has 7 nitrogen and oxygen atoms in total. The first-order chi connectivity index (χ1) is 14.0. The standard InChI is InChI=1S/C21H22FN3O4/c1-2-29-21(28)15-7-9-16(10-8-15)23-19(26)20(27)25-13-11-24(12-14-25)18-6-4-3-5-17(18)22/h3-10H,2,11-14H2,1H3,(H,23,26). The number of para-hydroxylation sites is 1. The smallest absolute Gasteiger partial charge is 0.338 e. The first kappa shape index (κ1) is 20.3. The number of rotatable bonds is 4. The topological polar surface area (TPSA) is 78.9 Å². The maximum Gasteiger partial charge on any atom is 0.338 e. The summed E-state index contributed by atoms with van der Waals surface area (Å²) in [4.78, 5) is 39.6. The van der Waals surface area contributed by atoms with Crippen molar-refractivity contribution in [1.82, 2.24) is 4.90 Å². The number of halogens is 1. The molecule has 0 atom stereocenters. The van der Waals surface area contributed by atoms with Crippen molar-refractivity contribution in [3.63, 3.8) is 0 Å². The van der Waals surface area contributed by atoms with Gasteiger partial charge in [-0.05, 0) is 43.3 Å². The van der Waals surface area contributed by atoms with Crippen LogP contribution in [0.1, 0.15) is 17.3 Å². The number of benzene rings is 2. The Labute approximate surface area is 168 Å². The molecular formula is C21H22FN3O4. The Hall–Kier alpha value is -3.42. The van der Waals surface area contributed by atoms with E-state index < -0.39 is 17.8 Å². The molecule has 29 heavy (non-hydrogen) atoms. The quantitative estimate of drug-likeness (QED) is 0.630. The van der Waals surface area contributed by atoms with Crippen LogP contribution in [-0.4, -0.2) is 55.5 Å². The predicted molar refractivity (Wildman–Crippen MR) is 106 cm³/mol. The van der Waals surface area contributed by atoms with Crippen molar-refractivity contribution in [3.05, 3.63) is 59.9 Å². The van der Waals surface area contributed by atoms with Gasteiger partial charge >= 0.3 is 17.8 Å². The normalized spacial score (nSPS) is 13.7. The highest BCUT2D eigenvalue weighted by atomic mass is 19.1. The van der Waals surface area contributed by atoms with Crippen molar-refractivity contribution in [3.8, 4) is 0 Å². The summed E-state index contributed by atoms with van der Waals surface area (Å²) in [6, 6.07) is 12.6. The van der Waals surface area contributed by atoms with E-state index >= 15 is 0 Å². The van der Waals surface area contributed by atoms with Gasteiger partial charge in [0.2, 0.25) is 0 Å². The molecule has 3 rings (SSSR count). The molecule has 8 heteroatoms. The van der Waals surface area contributed by atoms with E-state index in [-0.39, 0.29) is 12.4 Å². The molecule has 0 aliphatic carbocycles. The van der Waals surface area contributed by atoms with Gasteiger partial charge in [-0.3, -0.25) is 9.59 Å². The fourth-order valence-electron chi connectivity index (χ4n) is 3.09. The van der Waals surface area contributed by atoms with Gasteiger partial charge in [-0.1, -0.05) is 12.1 Å². The minimum Gasteiger partial charge on any atom is -0.462 e. The molecule has 0 bridgehead atoms. The van der Waals surface area contributed by atoms with Crippen LogP contribution in [0.15, 0.2) is 48.5 Å². The van der Waals surface area contributed by atoms with Crippen molar-refractivity contribution in [2.75, 3.05) is 43.0 Å². The third-order valence-corrected chi connectivity index (χ3v) is 4.61. The Morgan fingerprint density at radius 1 is 1.00 bits per heavy atom. The van der Waals surface area contributed by atoms with Crippen LogP contribution >= 0.6 is 0 Å². The number of carbonyl (C=O) groups is 3. The molecule has 2 aromatic rings. The summed E-state index contributed by atoms with van der Waals surface area (Å²) in [5, 5.41) is 2.53. The first-order valence-electron chi connectivity index (χ1n) is 9.36. The molecule has 152 valence electrons. The molecule has 0 saturated carbocycles. The van der Waals surface area contributed by atoms with Gasteiger partial charge in [0, 0.05) is 31.9 Å². The van der Waals surface area contributed by atoms with Crippen LogP contribution in [-0.2, 0) is 14.3 Å². The molecule has 0 spiro atoms. The Morgan fingerprint density at radius 3 is 2.28 bits per heavy atom. The summed E-state index contributed by atoms with van der Waals surface area (Å²) in [5.74, 6) is -2.16. The summed E-state index contributed by atoms with van der Waals surface area (Å²) in [6.45, 7) is 3.51. The highest BCUT2D eigenvalue weighted by molar-refractivity contribution is 6.39. The Morgan fingerprint density at radius 2 is 1.66 bits per heavy atom. The number of hydrogen-bond donors (Lipinski definition) is 1. The van der Waals surface area contributed by atoms with Gasteiger partial charge in [0.1, 0.15) is 5.82 Å². The number of nitrogens with one attached hydrogen (secondary N) is 1. The molecule has 0 aromatic heterocycles. The second kappa shape index (κ2) is 9.18. The second-order valence-electron chi connectivity index (χ2n) is 6.48. The van der Waals surface area contributed by atoms with Gasteiger partial charge in [-0.2, -0.15) is 0 Å². The van der Waals surface area contributed by atoms with E-state index in [1.165, 1.54) is 35.2 Å². The van der Waals surface area contributed by atoms with Gasteiger partial charge < -0.3 is 19.9 Å². The van der Waals surface area contributed by atoms with E-state index in [2.05, 4.69) is 5.32 Å². The van der Waals surface area contributed by atoms with E-state index in [4.69, 9.17) is 4.74 Å². The number of anilines is 2. The van der Waals surface area contributed by atoms with Gasteiger partial charge in [-0.25, -0.2) is 9.18 Å². The molecule has 0 unspecified atom stereocenters. The van der Waals surface area contributed by atoms with E-state index in [0.29, 0.717) is 43.1 Å². The highest BCUT2D eigenvalue weighted by Crippen LogP contribution is 2.20. The van der Waals surface area contributed by atoms with Crippen LogP contribution in [0.25, 0.3) is 0 Å². The van der Waals surface area contributed by atoms with Crippen LogP contribution in [0.5, 0.6) is 0 Å². The molecule has 2 aromatic carbocycles. The number of amides is 2. The molecule has 1 saturated heterocycles. The number of nitrogens with zero attached hydrogens (tertiary/aromatic N) is 2. The highest BCUT2D eigenvalue weighted by Gasteiger charge is 2.27. The minimum atomic E-state index is -0.756. The van der Waals surface area contributed by atoms with Crippen LogP contribution in [0, 0.1) is 5.82 Å². The van der Waals surface area contributed by atoms with Gasteiger partial charge in [0.05, 0.1) is 17.9 Å². The Bertz CT molecular complexity index is 893. The predicted octanol–water partition coefficient (Wildman–Crippen LogP) is 2.29. The van der Waals surface area contributed by atoms with Crippen molar-refractivity contribution in [2.45, 2.75) is 6.92 Å². The fraction of sp³-hybridized carbons (Fsp3) is 0.286. The van der Waals surface area contributed by atoms with E-state index in [1.54, 1.807) is 25.1 Å². The number of piperazine rings is 1. The lowest BCUT2D eigenvalue weighted by molar-refractivity contribution is -0.143. The maximum atomic E-state index is 13.9. The maximum absolute atomic E-state index is 13.9. The zero-order chi connectivity index (χ0) is 20.8. The molecule has 1 N–H and O–H groups in total. The summed E-state index contributed by atoms with van der Waals surface area (Å²) >= 11 is 0. The third kappa shape index (κ3) is 4.90. The number of ether oxygens (including phenoxy) is 1. The lowest BCUT2D eigenvalue weighted by Gasteiger charge is -2.35. The lowest BCUT2D eigenvalue weighted by atomic mass is 10.2. The Balaban J connectivity index is 1.54. The van der Waals surface area contributed by atoms with Gasteiger partial charge in [0.15, 0.2) is 0 Å². The second-order valence-corrected chi connectivity index (χ2v) is 6.48. The summed E-state index contributed by atoms with van der Waals surface area (Å²) < 4.78 is 18.8. The minimum absolute atomic E-state index is 0.274. The van der Waals surface area contributed by atoms with Crippen LogP contribution < -0.4 is 10.2 Å². The third-order valence-electron chi connectivity index (χ3n) is 4.61. The molecule has 1 fully saturated rings.